The minimum atomic E-state index is -1.04. The third kappa shape index (κ3) is 2.91. The molecule has 1 atom stereocenters. The Kier molecular flexibility index (Phi) is 3.52. The van der Waals surface area contributed by atoms with Crippen molar-refractivity contribution < 1.29 is 15.0 Å². The maximum absolute atomic E-state index is 10.5. The molecule has 0 heterocycles. The summed E-state index contributed by atoms with van der Waals surface area (Å²) in [6.45, 7) is -0.402. The van der Waals surface area contributed by atoms with E-state index in [1.54, 1.807) is 0 Å². The molecule has 0 saturated heterocycles. The first-order chi connectivity index (χ1) is 6.24. The van der Waals surface area contributed by atoms with E-state index in [0.29, 0.717) is 0 Å². The van der Waals surface area contributed by atoms with Gasteiger partial charge in [0.15, 0.2) is 0 Å². The van der Waals surface area contributed by atoms with Gasteiger partial charge in [-0.05, 0) is 18.9 Å². The molecule has 0 aromatic rings. The largest absolute Gasteiger partial charge is 0.480 e. The van der Waals surface area contributed by atoms with Crippen LogP contribution in [0.3, 0.4) is 0 Å². The predicted molar refractivity (Wildman–Crippen MR) is 48.1 cm³/mol. The van der Waals surface area contributed by atoms with Crippen LogP contribution in [0.1, 0.15) is 12.8 Å². The average Bonchev–Trinajstić information content (AvgIpc) is 2.15. The number of hydrogen-bond acceptors (Lipinski definition) is 3. The van der Waals surface area contributed by atoms with Crippen LogP contribution in [0.4, 0.5) is 0 Å². The van der Waals surface area contributed by atoms with Crippen LogP contribution in [-0.2, 0) is 4.79 Å². The van der Waals surface area contributed by atoms with E-state index in [2.05, 4.69) is 5.32 Å². The summed E-state index contributed by atoms with van der Waals surface area (Å²) in [6.07, 6.45) is 7.62. The van der Waals surface area contributed by atoms with E-state index in [0.717, 1.165) is 18.5 Å². The first kappa shape index (κ1) is 9.80. The summed E-state index contributed by atoms with van der Waals surface area (Å²) < 4.78 is 0. The summed E-state index contributed by atoms with van der Waals surface area (Å²) in [6, 6.07) is -0.908. The Morgan fingerprint density at radius 1 is 1.62 bits per heavy atom. The van der Waals surface area contributed by atoms with Gasteiger partial charge in [0.05, 0.1) is 6.61 Å². The average molecular weight is 183 g/mol. The number of carbonyl (C=O) groups is 1. The van der Waals surface area contributed by atoms with Crippen molar-refractivity contribution in [2.75, 3.05) is 6.61 Å². The van der Waals surface area contributed by atoms with E-state index in [1.807, 2.05) is 18.2 Å². The van der Waals surface area contributed by atoms with Gasteiger partial charge >= 0.3 is 5.97 Å². The SMILES string of the molecule is O=C(O)[C@H](CO)NC1=CCCC=C1. The number of carboxylic acids is 1. The Balaban J connectivity index is 2.50. The van der Waals surface area contributed by atoms with Gasteiger partial charge < -0.3 is 15.5 Å². The third-order valence-corrected chi connectivity index (χ3v) is 1.82. The van der Waals surface area contributed by atoms with E-state index in [-0.39, 0.29) is 0 Å². The smallest absolute Gasteiger partial charge is 0.328 e. The molecule has 0 bridgehead atoms. The van der Waals surface area contributed by atoms with Gasteiger partial charge in [0.25, 0.3) is 0 Å². The summed E-state index contributed by atoms with van der Waals surface area (Å²) in [5.41, 5.74) is 0.771. The first-order valence-electron chi connectivity index (χ1n) is 4.21. The standard InChI is InChI=1S/C9H13NO3/c11-6-8(9(12)13)10-7-4-2-1-3-5-7/h2,4-5,8,10-11H,1,3,6H2,(H,12,13)/t8-/m0/s1. The highest BCUT2D eigenvalue weighted by Crippen LogP contribution is 2.07. The lowest BCUT2D eigenvalue weighted by molar-refractivity contribution is -0.140. The Labute approximate surface area is 76.6 Å². The summed E-state index contributed by atoms with van der Waals surface area (Å²) in [5.74, 6) is -1.04. The molecule has 0 radical (unpaired) electrons. The maximum Gasteiger partial charge on any atom is 0.328 e. The van der Waals surface area contributed by atoms with Crippen LogP contribution in [-0.4, -0.2) is 28.8 Å². The molecule has 0 aromatic carbocycles. The lowest BCUT2D eigenvalue weighted by atomic mass is 10.1. The molecule has 0 amide bonds. The molecular formula is C9H13NO3. The van der Waals surface area contributed by atoms with E-state index >= 15 is 0 Å². The Morgan fingerprint density at radius 3 is 2.85 bits per heavy atom. The lowest BCUT2D eigenvalue weighted by Crippen LogP contribution is -2.38. The van der Waals surface area contributed by atoms with Gasteiger partial charge in [-0.15, -0.1) is 0 Å². The zero-order chi connectivity index (χ0) is 9.68. The molecular weight excluding hydrogens is 170 g/mol. The molecule has 0 aliphatic heterocycles. The van der Waals surface area contributed by atoms with Crippen molar-refractivity contribution in [1.29, 1.82) is 0 Å². The molecule has 0 spiro atoms. The van der Waals surface area contributed by atoms with Crippen molar-refractivity contribution in [3.05, 3.63) is 23.9 Å². The number of carboxylic acid groups (broad SMARTS) is 1. The van der Waals surface area contributed by atoms with E-state index < -0.39 is 18.6 Å². The van der Waals surface area contributed by atoms with Crippen molar-refractivity contribution in [2.45, 2.75) is 18.9 Å². The van der Waals surface area contributed by atoms with Gasteiger partial charge in [-0.1, -0.05) is 12.2 Å². The number of rotatable bonds is 4. The number of aliphatic hydroxyl groups is 1. The number of aliphatic carboxylic acids is 1. The van der Waals surface area contributed by atoms with Crippen LogP contribution in [0, 0.1) is 0 Å². The fourth-order valence-electron chi connectivity index (χ4n) is 1.11. The molecule has 72 valence electrons. The molecule has 4 heteroatoms. The number of hydrogen-bond donors (Lipinski definition) is 3. The second-order valence-electron chi connectivity index (χ2n) is 2.86. The monoisotopic (exact) mass is 183 g/mol. The minimum absolute atomic E-state index is 0.402. The first-order valence-corrected chi connectivity index (χ1v) is 4.21. The van der Waals surface area contributed by atoms with Crippen LogP contribution in [0.2, 0.25) is 0 Å². The molecule has 0 saturated carbocycles. The second-order valence-corrected chi connectivity index (χ2v) is 2.86. The van der Waals surface area contributed by atoms with Gasteiger partial charge in [-0.3, -0.25) is 0 Å². The lowest BCUT2D eigenvalue weighted by Gasteiger charge is -2.15. The molecule has 1 rings (SSSR count). The Hall–Kier alpha value is -1.29. The number of nitrogens with one attached hydrogen (secondary N) is 1. The van der Waals surface area contributed by atoms with Gasteiger partial charge in [0.1, 0.15) is 6.04 Å². The fraction of sp³-hybridized carbons (Fsp3) is 0.444. The molecule has 0 fully saturated rings. The van der Waals surface area contributed by atoms with Crippen molar-refractivity contribution in [1.82, 2.24) is 5.32 Å². The fourth-order valence-corrected chi connectivity index (χ4v) is 1.11. The van der Waals surface area contributed by atoms with Crippen LogP contribution in [0.15, 0.2) is 23.9 Å². The zero-order valence-electron chi connectivity index (χ0n) is 7.23. The molecule has 4 nitrogen and oxygen atoms in total. The Morgan fingerprint density at radius 2 is 2.38 bits per heavy atom. The molecule has 1 aliphatic rings. The predicted octanol–water partition coefficient (Wildman–Crippen LogP) is 0.255. The van der Waals surface area contributed by atoms with Crippen molar-refractivity contribution in [3.63, 3.8) is 0 Å². The second kappa shape index (κ2) is 4.67. The topological polar surface area (TPSA) is 69.6 Å². The van der Waals surface area contributed by atoms with Crippen LogP contribution in [0.5, 0.6) is 0 Å². The quantitative estimate of drug-likeness (QED) is 0.584. The molecule has 0 aromatic heterocycles. The highest BCUT2D eigenvalue weighted by atomic mass is 16.4. The summed E-state index contributed by atoms with van der Waals surface area (Å²) in [5, 5.41) is 20.1. The molecule has 0 unspecified atom stereocenters. The number of allylic oxidation sites excluding steroid dienone is 3. The molecule has 3 N–H and O–H groups in total. The van der Waals surface area contributed by atoms with Crippen molar-refractivity contribution >= 4 is 5.97 Å². The normalized spacial score (nSPS) is 17.8. The van der Waals surface area contributed by atoms with Crippen LogP contribution in [0.25, 0.3) is 0 Å². The Bertz CT molecular complexity index is 245. The number of aliphatic hydroxyl groups excluding tert-OH is 1. The highest BCUT2D eigenvalue weighted by molar-refractivity contribution is 5.74. The van der Waals surface area contributed by atoms with Gasteiger partial charge in [0, 0.05) is 5.70 Å². The van der Waals surface area contributed by atoms with Crippen molar-refractivity contribution in [3.8, 4) is 0 Å². The summed E-state index contributed by atoms with van der Waals surface area (Å²) in [7, 11) is 0. The van der Waals surface area contributed by atoms with E-state index in [1.165, 1.54) is 0 Å². The molecule has 13 heavy (non-hydrogen) atoms. The van der Waals surface area contributed by atoms with Crippen LogP contribution < -0.4 is 5.32 Å². The van der Waals surface area contributed by atoms with E-state index in [4.69, 9.17) is 10.2 Å². The van der Waals surface area contributed by atoms with Gasteiger partial charge in [-0.25, -0.2) is 4.79 Å². The third-order valence-electron chi connectivity index (χ3n) is 1.82. The van der Waals surface area contributed by atoms with Crippen LogP contribution >= 0.6 is 0 Å². The van der Waals surface area contributed by atoms with Gasteiger partial charge in [0.2, 0.25) is 0 Å². The zero-order valence-corrected chi connectivity index (χ0v) is 7.23. The van der Waals surface area contributed by atoms with Crippen molar-refractivity contribution in [2.24, 2.45) is 0 Å². The maximum atomic E-state index is 10.5. The van der Waals surface area contributed by atoms with E-state index in [9.17, 15) is 4.79 Å². The minimum Gasteiger partial charge on any atom is -0.480 e. The van der Waals surface area contributed by atoms with Gasteiger partial charge in [-0.2, -0.15) is 0 Å². The highest BCUT2D eigenvalue weighted by Gasteiger charge is 2.15. The summed E-state index contributed by atoms with van der Waals surface area (Å²) >= 11 is 0. The molecule has 1 aliphatic carbocycles. The summed E-state index contributed by atoms with van der Waals surface area (Å²) in [4.78, 5) is 10.5.